The van der Waals surface area contributed by atoms with E-state index in [0.29, 0.717) is 0 Å². The number of hydrogen-bond donors (Lipinski definition) is 1. The van der Waals surface area contributed by atoms with Gasteiger partial charge in [0.1, 0.15) is 0 Å². The summed E-state index contributed by atoms with van der Waals surface area (Å²) in [5.74, 6) is 0.0581. The zero-order valence-electron chi connectivity index (χ0n) is 12.3. The van der Waals surface area contributed by atoms with Crippen LogP contribution in [0.2, 0.25) is 13.1 Å². The van der Waals surface area contributed by atoms with E-state index in [2.05, 4.69) is 60.5 Å². The molecule has 0 saturated carbocycles. The molecule has 1 rings (SSSR count). The smallest absolute Gasteiger partial charge is 0.216 e. The molecule has 1 aromatic rings. The number of carbonyl (C=O) groups excluding carboxylic acids is 1. The highest BCUT2D eigenvalue weighted by molar-refractivity contribution is 6.81. The van der Waals surface area contributed by atoms with Crippen molar-refractivity contribution in [3.8, 4) is 0 Å². The third-order valence-corrected chi connectivity index (χ3v) is 5.45. The zero-order valence-corrected chi connectivity index (χ0v) is 13.3. The summed E-state index contributed by atoms with van der Waals surface area (Å²) in [5.41, 5.74) is 3.86. The van der Waals surface area contributed by atoms with E-state index in [0.717, 1.165) is 19.4 Å². The molecular weight excluding hydrogens is 250 g/mol. The number of unbranched alkanes of at least 4 members (excludes halogenated alkanes) is 1. The molecule has 3 heteroatoms. The molecule has 0 aliphatic rings. The minimum atomic E-state index is -1.29. The summed E-state index contributed by atoms with van der Waals surface area (Å²) in [4.78, 5) is 10.7. The Morgan fingerprint density at radius 1 is 1.26 bits per heavy atom. The maximum atomic E-state index is 10.7. The van der Waals surface area contributed by atoms with Gasteiger partial charge in [-0.15, -0.1) is 0 Å². The van der Waals surface area contributed by atoms with E-state index in [4.69, 9.17) is 0 Å². The third kappa shape index (κ3) is 7.62. The van der Waals surface area contributed by atoms with Crippen molar-refractivity contribution in [2.45, 2.75) is 38.9 Å². The van der Waals surface area contributed by atoms with E-state index >= 15 is 0 Å². The molecule has 0 aliphatic carbocycles. The largest absolute Gasteiger partial charge is 0.356 e. The lowest BCUT2D eigenvalue weighted by molar-refractivity contribution is -0.118. The molecule has 0 radical (unpaired) electrons. The standard InChI is InChI=1S/C16H25NOSi/c1-15(18)17-12-8-5-9-13-19(2,3)14-16-10-6-4-7-11-16/h4,6-7,9-11,13H,5,8,12,14H2,1-3H3,(H,17,18)/b13-9+. The number of benzene rings is 1. The van der Waals surface area contributed by atoms with Crippen molar-refractivity contribution in [1.82, 2.24) is 5.32 Å². The van der Waals surface area contributed by atoms with Gasteiger partial charge in [-0.3, -0.25) is 4.79 Å². The Morgan fingerprint density at radius 3 is 2.58 bits per heavy atom. The van der Waals surface area contributed by atoms with Crippen LogP contribution >= 0.6 is 0 Å². The lowest BCUT2D eigenvalue weighted by Crippen LogP contribution is -2.26. The van der Waals surface area contributed by atoms with Crippen LogP contribution in [0.25, 0.3) is 0 Å². The molecule has 0 aliphatic heterocycles. The molecule has 0 atom stereocenters. The molecule has 19 heavy (non-hydrogen) atoms. The summed E-state index contributed by atoms with van der Waals surface area (Å²) < 4.78 is 0. The van der Waals surface area contributed by atoms with Gasteiger partial charge in [0.25, 0.3) is 0 Å². The van der Waals surface area contributed by atoms with E-state index in [-0.39, 0.29) is 5.91 Å². The van der Waals surface area contributed by atoms with E-state index in [1.165, 1.54) is 11.6 Å². The van der Waals surface area contributed by atoms with E-state index in [1.807, 2.05) is 0 Å². The van der Waals surface area contributed by atoms with Crippen LogP contribution in [0.15, 0.2) is 42.1 Å². The van der Waals surface area contributed by atoms with E-state index < -0.39 is 8.07 Å². The fraction of sp³-hybridized carbons (Fsp3) is 0.438. The predicted molar refractivity (Wildman–Crippen MR) is 84.7 cm³/mol. The lowest BCUT2D eigenvalue weighted by atomic mass is 10.2. The highest BCUT2D eigenvalue weighted by atomic mass is 28.3. The first-order chi connectivity index (χ1) is 8.99. The van der Waals surface area contributed by atoms with Crippen LogP contribution in [-0.2, 0) is 10.8 Å². The topological polar surface area (TPSA) is 29.1 Å². The van der Waals surface area contributed by atoms with Crippen LogP contribution in [-0.4, -0.2) is 20.5 Å². The maximum absolute atomic E-state index is 10.7. The molecule has 0 saturated heterocycles. The van der Waals surface area contributed by atoms with Gasteiger partial charge in [-0.2, -0.15) is 0 Å². The molecule has 1 aromatic carbocycles. The monoisotopic (exact) mass is 275 g/mol. The second kappa shape index (κ2) is 7.95. The number of hydrogen-bond acceptors (Lipinski definition) is 1. The van der Waals surface area contributed by atoms with Gasteiger partial charge in [-0.1, -0.05) is 60.8 Å². The first-order valence-corrected chi connectivity index (χ1v) is 10.2. The summed E-state index contributed by atoms with van der Waals surface area (Å²) in [6, 6.07) is 11.9. The average Bonchev–Trinajstić information content (AvgIpc) is 2.34. The van der Waals surface area contributed by atoms with Gasteiger partial charge in [0.2, 0.25) is 5.91 Å². The molecule has 1 amide bonds. The van der Waals surface area contributed by atoms with Gasteiger partial charge < -0.3 is 5.32 Å². The van der Waals surface area contributed by atoms with Crippen LogP contribution in [0.3, 0.4) is 0 Å². The minimum Gasteiger partial charge on any atom is -0.356 e. The second-order valence-corrected chi connectivity index (χ2v) is 10.3. The van der Waals surface area contributed by atoms with Gasteiger partial charge in [-0.25, -0.2) is 0 Å². The van der Waals surface area contributed by atoms with Crippen molar-refractivity contribution in [2.24, 2.45) is 0 Å². The Balaban J connectivity index is 2.31. The molecule has 0 spiro atoms. The summed E-state index contributed by atoms with van der Waals surface area (Å²) in [7, 11) is -1.29. The minimum absolute atomic E-state index is 0.0581. The van der Waals surface area contributed by atoms with Gasteiger partial charge in [0, 0.05) is 13.5 Å². The molecule has 2 nitrogen and oxygen atoms in total. The first kappa shape index (κ1) is 15.7. The highest BCUT2D eigenvalue weighted by Crippen LogP contribution is 2.13. The summed E-state index contributed by atoms with van der Waals surface area (Å²) in [6.07, 6.45) is 4.36. The Hall–Kier alpha value is -1.35. The summed E-state index contributed by atoms with van der Waals surface area (Å²) >= 11 is 0. The normalized spacial score (nSPS) is 11.7. The fourth-order valence-electron chi connectivity index (χ4n) is 2.07. The summed E-state index contributed by atoms with van der Waals surface area (Å²) in [6.45, 7) is 7.13. The molecule has 0 bridgehead atoms. The first-order valence-electron chi connectivity index (χ1n) is 6.96. The van der Waals surface area contributed by atoms with Gasteiger partial charge in [-0.05, 0) is 18.9 Å². The predicted octanol–water partition coefficient (Wildman–Crippen LogP) is 3.49. The van der Waals surface area contributed by atoms with Crippen molar-refractivity contribution in [3.05, 3.63) is 47.7 Å². The van der Waals surface area contributed by atoms with Crippen molar-refractivity contribution in [1.29, 1.82) is 0 Å². The van der Waals surface area contributed by atoms with Crippen molar-refractivity contribution >= 4 is 14.0 Å². The van der Waals surface area contributed by atoms with Crippen molar-refractivity contribution in [3.63, 3.8) is 0 Å². The van der Waals surface area contributed by atoms with Crippen LogP contribution in [0.5, 0.6) is 0 Å². The fourth-order valence-corrected chi connectivity index (χ4v) is 4.28. The number of rotatable bonds is 7. The molecule has 0 heterocycles. The number of nitrogens with one attached hydrogen (secondary N) is 1. The van der Waals surface area contributed by atoms with Crippen molar-refractivity contribution in [2.75, 3.05) is 6.54 Å². The van der Waals surface area contributed by atoms with E-state index in [9.17, 15) is 4.79 Å². The van der Waals surface area contributed by atoms with Crippen molar-refractivity contribution < 1.29 is 4.79 Å². The van der Waals surface area contributed by atoms with Crippen LogP contribution < -0.4 is 5.32 Å². The third-order valence-electron chi connectivity index (χ3n) is 2.99. The van der Waals surface area contributed by atoms with Gasteiger partial charge in [0.15, 0.2) is 0 Å². The Kier molecular flexibility index (Phi) is 6.57. The number of amides is 1. The molecular formula is C16H25NOSi. The van der Waals surface area contributed by atoms with Gasteiger partial charge >= 0.3 is 0 Å². The number of allylic oxidation sites excluding steroid dienone is 1. The average molecular weight is 275 g/mol. The lowest BCUT2D eigenvalue weighted by Gasteiger charge is -2.17. The van der Waals surface area contributed by atoms with Crippen LogP contribution in [0.4, 0.5) is 0 Å². The van der Waals surface area contributed by atoms with Gasteiger partial charge in [0.05, 0.1) is 8.07 Å². The maximum Gasteiger partial charge on any atom is 0.216 e. The molecule has 1 N–H and O–H groups in total. The number of carbonyl (C=O) groups is 1. The van der Waals surface area contributed by atoms with Crippen LogP contribution in [0.1, 0.15) is 25.3 Å². The molecule has 0 aromatic heterocycles. The Bertz CT molecular complexity index is 412. The molecule has 0 unspecified atom stereocenters. The highest BCUT2D eigenvalue weighted by Gasteiger charge is 2.16. The molecule has 104 valence electrons. The zero-order chi connectivity index (χ0) is 14.1. The van der Waals surface area contributed by atoms with E-state index in [1.54, 1.807) is 6.92 Å². The van der Waals surface area contributed by atoms with Crippen LogP contribution in [0, 0.1) is 0 Å². The SMILES string of the molecule is CC(=O)NCCC/C=C/[Si](C)(C)Cc1ccccc1. The quantitative estimate of drug-likeness (QED) is 0.599. The molecule has 0 fully saturated rings. The second-order valence-electron chi connectivity index (χ2n) is 5.68. The Morgan fingerprint density at radius 2 is 1.95 bits per heavy atom. The Labute approximate surface area is 117 Å². The summed E-state index contributed by atoms with van der Waals surface area (Å²) in [5, 5.41) is 2.82.